The quantitative estimate of drug-likeness (QED) is 0.340. The molecule has 2 rings (SSSR count). The Bertz CT molecular complexity index is 637. The lowest BCUT2D eigenvalue weighted by Crippen LogP contribution is -1.85. The van der Waals surface area contributed by atoms with E-state index in [9.17, 15) is 4.79 Å². The number of para-hydroxylation sites is 1. The van der Waals surface area contributed by atoms with Crippen molar-refractivity contribution in [1.29, 1.82) is 0 Å². The lowest BCUT2D eigenvalue weighted by Gasteiger charge is -1.99. The summed E-state index contributed by atoms with van der Waals surface area (Å²) in [5.41, 5.74) is 9.81. The van der Waals surface area contributed by atoms with E-state index < -0.39 is 5.91 Å². The zero-order valence-corrected chi connectivity index (χ0v) is 8.82. The molecule has 1 aromatic carbocycles. The van der Waals surface area contributed by atoms with Crippen molar-refractivity contribution < 1.29 is 4.79 Å². The van der Waals surface area contributed by atoms with Gasteiger partial charge in [0, 0.05) is 16.5 Å². The van der Waals surface area contributed by atoms with Crippen molar-refractivity contribution in [2.24, 2.45) is 5.11 Å². The van der Waals surface area contributed by atoms with Crippen LogP contribution in [-0.4, -0.2) is 10.9 Å². The average Bonchev–Trinajstić information content (AvgIpc) is 2.36. The van der Waals surface area contributed by atoms with Crippen molar-refractivity contribution in [3.05, 3.63) is 58.6 Å². The molecular weight excluding hydrogens is 216 g/mol. The van der Waals surface area contributed by atoms with Crippen LogP contribution in [-0.2, 0) is 4.79 Å². The van der Waals surface area contributed by atoms with E-state index in [4.69, 9.17) is 5.53 Å². The number of pyridine rings is 1. The Balaban J connectivity index is 2.42. The third kappa shape index (κ3) is 2.48. The number of hydrogen-bond acceptors (Lipinski definition) is 2. The van der Waals surface area contributed by atoms with Crippen LogP contribution in [0.4, 0.5) is 0 Å². The Morgan fingerprint density at radius 1 is 1.35 bits per heavy atom. The van der Waals surface area contributed by atoms with Crippen molar-refractivity contribution in [1.82, 2.24) is 4.98 Å². The molecule has 17 heavy (non-hydrogen) atoms. The van der Waals surface area contributed by atoms with Gasteiger partial charge in [0.15, 0.2) is 0 Å². The second kappa shape index (κ2) is 4.92. The first-order chi connectivity index (χ1) is 8.31. The van der Waals surface area contributed by atoms with E-state index in [1.165, 1.54) is 6.08 Å². The van der Waals surface area contributed by atoms with Crippen molar-refractivity contribution in [3.63, 3.8) is 0 Å². The molecule has 0 aliphatic carbocycles. The Kier molecular flexibility index (Phi) is 3.14. The Hall–Kier alpha value is -2.65. The summed E-state index contributed by atoms with van der Waals surface area (Å²) < 4.78 is 0. The predicted octanol–water partition coefficient (Wildman–Crippen LogP) is 3.08. The molecule has 0 atom stereocenters. The van der Waals surface area contributed by atoms with E-state index in [1.54, 1.807) is 18.3 Å². The first-order valence-corrected chi connectivity index (χ1v) is 4.92. The minimum Gasteiger partial charge on any atom is -0.288 e. The molecule has 1 heterocycles. The van der Waals surface area contributed by atoms with Crippen LogP contribution in [0, 0.1) is 0 Å². The Morgan fingerprint density at radius 3 is 3.00 bits per heavy atom. The molecule has 5 heteroatoms. The van der Waals surface area contributed by atoms with Crippen molar-refractivity contribution in [2.45, 2.75) is 0 Å². The molecule has 0 aliphatic heterocycles. The zero-order chi connectivity index (χ0) is 12.1. The van der Waals surface area contributed by atoms with Gasteiger partial charge in [-0.25, -0.2) is 0 Å². The molecule has 0 bridgehead atoms. The van der Waals surface area contributed by atoms with Crippen LogP contribution in [0.1, 0.15) is 5.56 Å². The smallest absolute Gasteiger partial charge is 0.242 e. The second-order valence-electron chi connectivity index (χ2n) is 3.28. The van der Waals surface area contributed by atoms with Crippen LogP contribution in [0.15, 0.2) is 47.7 Å². The fourth-order valence-electron chi connectivity index (χ4n) is 1.50. The summed E-state index contributed by atoms with van der Waals surface area (Å²) in [5.74, 6) is -0.617. The van der Waals surface area contributed by atoms with Gasteiger partial charge in [-0.3, -0.25) is 9.78 Å². The minimum absolute atomic E-state index is 0.617. The number of benzene rings is 1. The number of carbonyl (C=O) groups excluding carboxylic acids is 1. The van der Waals surface area contributed by atoms with E-state index in [0.717, 1.165) is 16.5 Å². The van der Waals surface area contributed by atoms with Gasteiger partial charge in [0.25, 0.3) is 0 Å². The molecule has 0 spiro atoms. The number of carbonyl (C=O) groups is 1. The third-order valence-electron chi connectivity index (χ3n) is 2.23. The summed E-state index contributed by atoms with van der Waals surface area (Å²) >= 11 is 0. The largest absolute Gasteiger partial charge is 0.288 e. The van der Waals surface area contributed by atoms with Crippen LogP contribution in [0.3, 0.4) is 0 Å². The number of rotatable bonds is 2. The summed E-state index contributed by atoms with van der Waals surface area (Å²) in [6.07, 6.45) is 4.52. The third-order valence-corrected chi connectivity index (χ3v) is 2.23. The van der Waals surface area contributed by atoms with E-state index >= 15 is 0 Å². The summed E-state index contributed by atoms with van der Waals surface area (Å²) in [6, 6.07) is 9.40. The van der Waals surface area contributed by atoms with Gasteiger partial charge in [0.1, 0.15) is 0 Å². The Morgan fingerprint density at radius 2 is 2.18 bits per heavy atom. The number of hydrogen-bond donors (Lipinski definition) is 0. The van der Waals surface area contributed by atoms with Gasteiger partial charge in [0.05, 0.1) is 5.52 Å². The van der Waals surface area contributed by atoms with Gasteiger partial charge in [0.2, 0.25) is 5.91 Å². The number of azide groups is 1. The first kappa shape index (κ1) is 10.9. The van der Waals surface area contributed by atoms with Crippen LogP contribution in [0.2, 0.25) is 0 Å². The molecule has 82 valence electrons. The fourth-order valence-corrected chi connectivity index (χ4v) is 1.50. The number of nitrogens with zero attached hydrogens (tertiary/aromatic N) is 4. The number of fused-ring (bicyclic) bond motifs is 1. The maximum absolute atomic E-state index is 11.0. The molecule has 0 fully saturated rings. The number of aromatic nitrogens is 1. The van der Waals surface area contributed by atoms with E-state index in [2.05, 4.69) is 15.0 Å². The van der Waals surface area contributed by atoms with E-state index in [1.807, 2.05) is 24.3 Å². The molecule has 1 amide bonds. The van der Waals surface area contributed by atoms with Gasteiger partial charge in [-0.2, -0.15) is 0 Å². The van der Waals surface area contributed by atoms with Gasteiger partial charge >= 0.3 is 0 Å². The van der Waals surface area contributed by atoms with Gasteiger partial charge in [-0.1, -0.05) is 24.3 Å². The summed E-state index contributed by atoms with van der Waals surface area (Å²) in [6.45, 7) is 0. The zero-order valence-electron chi connectivity index (χ0n) is 8.82. The molecule has 1 aromatic heterocycles. The topological polar surface area (TPSA) is 78.7 Å². The highest BCUT2D eigenvalue weighted by atomic mass is 16.1. The molecule has 0 radical (unpaired) electrons. The summed E-state index contributed by atoms with van der Waals surface area (Å²) in [5, 5.41) is 3.90. The SMILES string of the molecule is [N-]=[N+]=NC(=O)/C=C\c1ccnc2ccccc12. The van der Waals surface area contributed by atoms with Crippen molar-refractivity contribution in [3.8, 4) is 0 Å². The molecule has 0 N–H and O–H groups in total. The first-order valence-electron chi connectivity index (χ1n) is 4.92. The van der Waals surface area contributed by atoms with Gasteiger partial charge in [-0.15, -0.1) is 0 Å². The van der Waals surface area contributed by atoms with E-state index in [0.29, 0.717) is 0 Å². The standard InChI is InChI=1S/C12H8N4O/c13-16-15-12(17)6-5-9-7-8-14-11-4-2-1-3-10(9)11/h1-8H/b6-5-. The molecule has 0 saturated heterocycles. The van der Waals surface area contributed by atoms with Crippen molar-refractivity contribution >= 4 is 22.9 Å². The molecule has 2 aromatic rings. The molecular formula is C12H8N4O. The highest BCUT2D eigenvalue weighted by molar-refractivity contribution is 5.96. The highest BCUT2D eigenvalue weighted by Gasteiger charge is 1.98. The van der Waals surface area contributed by atoms with Crippen LogP contribution in [0.5, 0.6) is 0 Å². The van der Waals surface area contributed by atoms with Gasteiger partial charge < -0.3 is 0 Å². The van der Waals surface area contributed by atoms with Crippen LogP contribution in [0.25, 0.3) is 27.4 Å². The molecule has 0 unspecified atom stereocenters. The van der Waals surface area contributed by atoms with E-state index in [-0.39, 0.29) is 0 Å². The summed E-state index contributed by atoms with van der Waals surface area (Å²) in [7, 11) is 0. The fraction of sp³-hybridized carbons (Fsp3) is 0. The maximum Gasteiger partial charge on any atom is 0.242 e. The van der Waals surface area contributed by atoms with Crippen LogP contribution < -0.4 is 0 Å². The maximum atomic E-state index is 11.0. The van der Waals surface area contributed by atoms with Crippen LogP contribution >= 0.6 is 0 Å². The predicted molar refractivity (Wildman–Crippen MR) is 64.9 cm³/mol. The van der Waals surface area contributed by atoms with Gasteiger partial charge in [-0.05, 0) is 34.4 Å². The van der Waals surface area contributed by atoms with Crippen molar-refractivity contribution in [2.75, 3.05) is 0 Å². The Labute approximate surface area is 97.0 Å². The second-order valence-corrected chi connectivity index (χ2v) is 3.28. The molecule has 0 saturated carbocycles. The average molecular weight is 224 g/mol. The lowest BCUT2D eigenvalue weighted by molar-refractivity contribution is -0.113. The molecule has 0 aliphatic rings. The minimum atomic E-state index is -0.617. The number of amides is 1. The lowest BCUT2D eigenvalue weighted by atomic mass is 10.1. The normalized spacial score (nSPS) is 10.4. The highest BCUT2D eigenvalue weighted by Crippen LogP contribution is 2.17. The summed E-state index contributed by atoms with van der Waals surface area (Å²) in [4.78, 5) is 17.7. The molecule has 5 nitrogen and oxygen atoms in total. The monoisotopic (exact) mass is 224 g/mol.